The van der Waals surface area contributed by atoms with E-state index in [2.05, 4.69) is 15.9 Å². The Morgan fingerprint density at radius 1 is 1.19 bits per heavy atom. The molecule has 0 atom stereocenters. The molecule has 4 heteroatoms. The van der Waals surface area contributed by atoms with Gasteiger partial charge >= 0.3 is 0 Å². The van der Waals surface area contributed by atoms with Crippen LogP contribution < -0.4 is 9.47 Å². The molecule has 1 aromatic carbocycles. The van der Waals surface area contributed by atoms with Gasteiger partial charge in [-0.3, -0.25) is 0 Å². The summed E-state index contributed by atoms with van der Waals surface area (Å²) in [6.07, 6.45) is 0.879. The molecule has 3 nitrogen and oxygen atoms in total. The number of ether oxygens (including phenoxy) is 2. The van der Waals surface area contributed by atoms with Crippen LogP contribution >= 0.6 is 15.9 Å². The first kappa shape index (κ1) is 11.7. The maximum Gasteiger partial charge on any atom is 0.162 e. The van der Waals surface area contributed by atoms with Crippen LogP contribution in [-0.2, 0) is 5.60 Å². The Hall–Kier alpha value is -0.740. The quantitative estimate of drug-likeness (QED) is 0.863. The molecule has 0 spiro atoms. The highest BCUT2D eigenvalue weighted by Gasteiger charge is 2.23. The van der Waals surface area contributed by atoms with E-state index < -0.39 is 5.60 Å². The maximum atomic E-state index is 10.0. The summed E-state index contributed by atoms with van der Waals surface area (Å²) in [4.78, 5) is 0. The van der Waals surface area contributed by atoms with E-state index in [1.54, 1.807) is 13.8 Å². The van der Waals surface area contributed by atoms with Gasteiger partial charge < -0.3 is 14.6 Å². The van der Waals surface area contributed by atoms with Crippen LogP contribution in [-0.4, -0.2) is 18.3 Å². The molecule has 1 N–H and O–H groups in total. The lowest BCUT2D eigenvalue weighted by atomic mass is 9.98. The molecule has 88 valence electrons. The van der Waals surface area contributed by atoms with E-state index >= 15 is 0 Å². The second kappa shape index (κ2) is 4.26. The van der Waals surface area contributed by atoms with Gasteiger partial charge in [0.1, 0.15) is 0 Å². The summed E-state index contributed by atoms with van der Waals surface area (Å²) >= 11 is 3.44. The van der Waals surface area contributed by atoms with Crippen LogP contribution in [0, 0.1) is 0 Å². The van der Waals surface area contributed by atoms with Crippen LogP contribution in [0.4, 0.5) is 0 Å². The number of fused-ring (bicyclic) bond motifs is 1. The van der Waals surface area contributed by atoms with Gasteiger partial charge in [-0.2, -0.15) is 0 Å². The molecule has 0 unspecified atom stereocenters. The fraction of sp³-hybridized carbons (Fsp3) is 0.500. The van der Waals surface area contributed by atoms with Crippen molar-refractivity contribution in [2.75, 3.05) is 13.2 Å². The molecule has 1 heterocycles. The van der Waals surface area contributed by atoms with Crippen molar-refractivity contribution in [3.05, 3.63) is 22.2 Å². The summed E-state index contributed by atoms with van der Waals surface area (Å²) in [5.74, 6) is 1.44. The third-order valence-electron chi connectivity index (χ3n) is 2.50. The Morgan fingerprint density at radius 2 is 1.75 bits per heavy atom. The predicted octanol–water partition coefficient (Wildman–Crippen LogP) is 2.84. The Kier molecular flexibility index (Phi) is 3.13. The summed E-state index contributed by atoms with van der Waals surface area (Å²) in [6, 6.07) is 3.69. The molecule has 0 aliphatic carbocycles. The van der Waals surface area contributed by atoms with Crippen LogP contribution in [0.2, 0.25) is 0 Å². The Morgan fingerprint density at radius 3 is 2.31 bits per heavy atom. The lowest BCUT2D eigenvalue weighted by Gasteiger charge is -2.21. The molecule has 1 aliphatic rings. The summed E-state index contributed by atoms with van der Waals surface area (Å²) in [7, 11) is 0. The number of aliphatic hydroxyl groups is 1. The first-order valence-electron chi connectivity index (χ1n) is 5.30. The summed E-state index contributed by atoms with van der Waals surface area (Å²) < 4.78 is 12.0. The van der Waals surface area contributed by atoms with E-state index in [-0.39, 0.29) is 0 Å². The van der Waals surface area contributed by atoms with Crippen molar-refractivity contribution in [3.63, 3.8) is 0 Å². The minimum atomic E-state index is -0.899. The fourth-order valence-corrected chi connectivity index (χ4v) is 2.46. The molecule has 0 radical (unpaired) electrons. The molecule has 0 saturated carbocycles. The van der Waals surface area contributed by atoms with Crippen molar-refractivity contribution in [2.45, 2.75) is 25.9 Å². The molecule has 1 aromatic rings. The van der Waals surface area contributed by atoms with Crippen molar-refractivity contribution in [2.24, 2.45) is 0 Å². The van der Waals surface area contributed by atoms with Gasteiger partial charge in [0.2, 0.25) is 0 Å². The third-order valence-corrected chi connectivity index (χ3v) is 3.15. The Bertz CT molecular complexity index is 396. The number of benzene rings is 1. The minimum absolute atomic E-state index is 0.653. The van der Waals surface area contributed by atoms with Crippen LogP contribution in [0.5, 0.6) is 11.5 Å². The van der Waals surface area contributed by atoms with E-state index in [0.717, 1.165) is 22.2 Å². The van der Waals surface area contributed by atoms with Crippen molar-refractivity contribution >= 4 is 15.9 Å². The predicted molar refractivity (Wildman–Crippen MR) is 65.0 cm³/mol. The molecule has 0 bridgehead atoms. The first-order chi connectivity index (χ1) is 7.48. The van der Waals surface area contributed by atoms with Gasteiger partial charge in [0.05, 0.1) is 18.8 Å². The third kappa shape index (κ3) is 2.33. The Labute approximate surface area is 104 Å². The number of halogens is 1. The van der Waals surface area contributed by atoms with Gasteiger partial charge in [-0.15, -0.1) is 0 Å². The van der Waals surface area contributed by atoms with Crippen molar-refractivity contribution in [3.8, 4) is 11.5 Å². The van der Waals surface area contributed by atoms with E-state index in [4.69, 9.17) is 9.47 Å². The second-order valence-corrected chi connectivity index (χ2v) is 5.24. The van der Waals surface area contributed by atoms with Crippen molar-refractivity contribution in [1.29, 1.82) is 0 Å². The molecular formula is C12H15BrO3. The van der Waals surface area contributed by atoms with Gasteiger partial charge in [0, 0.05) is 16.5 Å². The van der Waals surface area contributed by atoms with Crippen LogP contribution in [0.3, 0.4) is 0 Å². The topological polar surface area (TPSA) is 38.7 Å². The van der Waals surface area contributed by atoms with E-state index in [9.17, 15) is 5.11 Å². The highest BCUT2D eigenvalue weighted by Crippen LogP contribution is 2.39. The van der Waals surface area contributed by atoms with Gasteiger partial charge in [0.25, 0.3) is 0 Å². The summed E-state index contributed by atoms with van der Waals surface area (Å²) in [5, 5.41) is 10.0. The molecule has 0 aromatic heterocycles. The largest absolute Gasteiger partial charge is 0.490 e. The number of rotatable bonds is 1. The number of hydrogen-bond acceptors (Lipinski definition) is 3. The van der Waals surface area contributed by atoms with Crippen molar-refractivity contribution in [1.82, 2.24) is 0 Å². The lowest BCUT2D eigenvalue weighted by Crippen LogP contribution is -2.16. The molecule has 0 amide bonds. The van der Waals surface area contributed by atoms with E-state index in [1.165, 1.54) is 0 Å². The highest BCUT2D eigenvalue weighted by molar-refractivity contribution is 9.10. The molecular weight excluding hydrogens is 272 g/mol. The molecule has 2 rings (SSSR count). The average Bonchev–Trinajstić information content (AvgIpc) is 2.39. The SMILES string of the molecule is CC(C)(O)c1cc2c(cc1Br)OCCCO2. The van der Waals surface area contributed by atoms with Gasteiger partial charge in [0.15, 0.2) is 11.5 Å². The van der Waals surface area contributed by atoms with Crippen molar-refractivity contribution < 1.29 is 14.6 Å². The number of hydrogen-bond donors (Lipinski definition) is 1. The summed E-state index contributed by atoms with van der Waals surface area (Å²) in [5.41, 5.74) is -0.0967. The molecule has 0 saturated heterocycles. The lowest BCUT2D eigenvalue weighted by molar-refractivity contribution is 0.0774. The second-order valence-electron chi connectivity index (χ2n) is 4.39. The van der Waals surface area contributed by atoms with Crippen LogP contribution in [0.15, 0.2) is 16.6 Å². The van der Waals surface area contributed by atoms with Gasteiger partial charge in [-0.1, -0.05) is 15.9 Å². The normalized spacial score (nSPS) is 15.8. The van der Waals surface area contributed by atoms with Gasteiger partial charge in [-0.25, -0.2) is 0 Å². The fourth-order valence-electron chi connectivity index (χ4n) is 1.65. The zero-order chi connectivity index (χ0) is 11.8. The zero-order valence-corrected chi connectivity index (χ0v) is 11.0. The van der Waals surface area contributed by atoms with Gasteiger partial charge in [-0.05, 0) is 26.0 Å². The van der Waals surface area contributed by atoms with Crippen LogP contribution in [0.1, 0.15) is 25.8 Å². The van der Waals surface area contributed by atoms with E-state index in [0.29, 0.717) is 19.0 Å². The highest BCUT2D eigenvalue weighted by atomic mass is 79.9. The molecule has 16 heavy (non-hydrogen) atoms. The molecule has 0 fully saturated rings. The molecule has 1 aliphatic heterocycles. The minimum Gasteiger partial charge on any atom is -0.490 e. The first-order valence-corrected chi connectivity index (χ1v) is 6.10. The van der Waals surface area contributed by atoms with E-state index in [1.807, 2.05) is 12.1 Å². The average molecular weight is 287 g/mol. The Balaban J connectivity index is 2.47. The zero-order valence-electron chi connectivity index (χ0n) is 9.42. The monoisotopic (exact) mass is 286 g/mol. The smallest absolute Gasteiger partial charge is 0.162 e. The van der Waals surface area contributed by atoms with Crippen LogP contribution in [0.25, 0.3) is 0 Å². The maximum absolute atomic E-state index is 10.0. The summed E-state index contributed by atoms with van der Waals surface area (Å²) in [6.45, 7) is 4.81. The standard InChI is InChI=1S/C12H15BrO3/c1-12(2,14)8-6-10-11(7-9(8)13)16-5-3-4-15-10/h6-7,14H,3-5H2,1-2H3.